The van der Waals surface area contributed by atoms with Crippen molar-refractivity contribution in [3.63, 3.8) is 0 Å². The predicted molar refractivity (Wildman–Crippen MR) is 117 cm³/mol. The van der Waals surface area contributed by atoms with E-state index in [-0.39, 0.29) is 22.7 Å². The molecule has 2 aliphatic heterocycles. The second-order valence-corrected chi connectivity index (χ2v) is 7.54. The zero-order valence-corrected chi connectivity index (χ0v) is 17.7. The van der Waals surface area contributed by atoms with Gasteiger partial charge in [0.1, 0.15) is 0 Å². The molecular weight excluding hydrogens is 432 g/mol. The van der Waals surface area contributed by atoms with Gasteiger partial charge in [-0.3, -0.25) is 40.0 Å². The molecule has 2 aromatic carbocycles. The molecule has 2 atom stereocenters. The van der Waals surface area contributed by atoms with Crippen LogP contribution >= 0.6 is 0 Å². The highest BCUT2D eigenvalue weighted by Crippen LogP contribution is 2.28. The monoisotopic (exact) mass is 454 g/mol. The number of hydrogen-bond acceptors (Lipinski definition) is 10. The number of hydrogen-bond donors (Lipinski definition) is 0. The Kier molecular flexibility index (Phi) is 6.75. The molecule has 0 saturated carbocycles. The van der Waals surface area contributed by atoms with Crippen molar-refractivity contribution in [3.05, 3.63) is 68.8 Å². The van der Waals surface area contributed by atoms with Crippen LogP contribution in [-0.4, -0.2) is 75.8 Å². The summed E-state index contributed by atoms with van der Waals surface area (Å²) in [4.78, 5) is 25.7. The summed E-state index contributed by atoms with van der Waals surface area (Å²) in [6, 6.07) is 12.5. The van der Waals surface area contributed by atoms with E-state index in [2.05, 4.69) is 30.5 Å². The molecule has 2 heterocycles. The molecule has 0 aliphatic carbocycles. The summed E-state index contributed by atoms with van der Waals surface area (Å²) in [7, 11) is 0. The van der Waals surface area contributed by atoms with Crippen molar-refractivity contribution in [2.24, 2.45) is 20.7 Å². The SMILES string of the molecule is O=[N+]([O-])c1ccccc1N=NN1CCN2CN(CCN(N=Nc3ccccc3[N+](=O)[O-])C2)C1. The number of benzene rings is 2. The Bertz CT molecular complexity index is 995. The fraction of sp³-hybridized carbons (Fsp3) is 0.368. The molecule has 172 valence electrons. The van der Waals surface area contributed by atoms with Crippen molar-refractivity contribution < 1.29 is 9.85 Å². The van der Waals surface area contributed by atoms with Gasteiger partial charge in [0.05, 0.1) is 42.9 Å². The van der Waals surface area contributed by atoms with E-state index in [9.17, 15) is 20.2 Å². The molecule has 4 rings (SSSR count). The fourth-order valence-corrected chi connectivity index (χ4v) is 3.55. The number of rotatable bonds is 6. The molecule has 0 radical (unpaired) electrons. The normalized spacial score (nSPS) is 21.2. The summed E-state index contributed by atoms with van der Waals surface area (Å²) in [5, 5.41) is 42.5. The standard InChI is InChI=1S/C19H22N10O4/c30-28(31)18-7-3-1-5-16(18)20-22-26-11-9-25-13-24(14-26)10-12-27(15-25)23-21-17-6-2-4-8-19(17)29(32)33/h1-8H,9-15H2. The highest BCUT2D eigenvalue weighted by Gasteiger charge is 2.25. The molecular formula is C19H22N10O4. The van der Waals surface area contributed by atoms with Gasteiger partial charge in [-0.25, -0.2) is 0 Å². The van der Waals surface area contributed by atoms with Crippen LogP contribution in [-0.2, 0) is 0 Å². The van der Waals surface area contributed by atoms with Gasteiger partial charge in [-0.1, -0.05) is 34.7 Å². The lowest BCUT2D eigenvalue weighted by Crippen LogP contribution is -2.36. The van der Waals surface area contributed by atoms with E-state index in [1.165, 1.54) is 12.1 Å². The zero-order valence-electron chi connectivity index (χ0n) is 17.7. The summed E-state index contributed by atoms with van der Waals surface area (Å²) >= 11 is 0. The van der Waals surface area contributed by atoms with Gasteiger partial charge in [0, 0.05) is 25.2 Å². The maximum atomic E-state index is 11.2. The molecule has 2 fully saturated rings. The van der Waals surface area contributed by atoms with Gasteiger partial charge >= 0.3 is 0 Å². The number of nitro benzene ring substituents is 2. The van der Waals surface area contributed by atoms with Crippen LogP contribution in [0.4, 0.5) is 22.7 Å². The lowest BCUT2D eigenvalue weighted by atomic mass is 10.3. The number of nitro groups is 2. The Hall–Kier alpha value is -4.04. The second-order valence-electron chi connectivity index (χ2n) is 7.54. The Labute approximate surface area is 188 Å². The highest BCUT2D eigenvalue weighted by molar-refractivity contribution is 5.56. The molecule has 14 heteroatoms. The molecule has 0 spiro atoms. The highest BCUT2D eigenvalue weighted by atomic mass is 16.6. The molecule has 2 unspecified atom stereocenters. The third-order valence-electron chi connectivity index (χ3n) is 5.19. The van der Waals surface area contributed by atoms with E-state index in [0.29, 0.717) is 46.2 Å². The Morgan fingerprint density at radius 3 is 1.48 bits per heavy atom. The van der Waals surface area contributed by atoms with Crippen LogP contribution in [0.3, 0.4) is 0 Å². The van der Waals surface area contributed by atoms with Gasteiger partial charge in [0.25, 0.3) is 11.4 Å². The predicted octanol–water partition coefficient (Wildman–Crippen LogP) is 3.31. The van der Waals surface area contributed by atoms with Gasteiger partial charge < -0.3 is 0 Å². The Morgan fingerprint density at radius 1 is 0.636 bits per heavy atom. The van der Waals surface area contributed by atoms with Crippen LogP contribution in [0.2, 0.25) is 0 Å². The van der Waals surface area contributed by atoms with E-state index in [4.69, 9.17) is 0 Å². The van der Waals surface area contributed by atoms with Crippen LogP contribution in [0.1, 0.15) is 0 Å². The molecule has 14 nitrogen and oxygen atoms in total. The summed E-state index contributed by atoms with van der Waals surface area (Å²) in [5.41, 5.74) is 0.248. The van der Waals surface area contributed by atoms with E-state index in [0.717, 1.165) is 0 Å². The van der Waals surface area contributed by atoms with E-state index in [1.807, 2.05) is 0 Å². The summed E-state index contributed by atoms with van der Waals surface area (Å²) < 4.78 is 0. The molecule has 2 aliphatic rings. The van der Waals surface area contributed by atoms with E-state index >= 15 is 0 Å². The molecule has 2 saturated heterocycles. The zero-order chi connectivity index (χ0) is 23.2. The van der Waals surface area contributed by atoms with E-state index in [1.54, 1.807) is 46.4 Å². The molecule has 2 aromatic rings. The minimum atomic E-state index is -0.476. The first-order chi connectivity index (χ1) is 16.0. The quantitative estimate of drug-likeness (QED) is 0.367. The van der Waals surface area contributed by atoms with Crippen molar-refractivity contribution in [3.8, 4) is 0 Å². The molecule has 2 bridgehead atoms. The number of para-hydroxylation sites is 2. The largest absolute Gasteiger partial charge is 0.296 e. The van der Waals surface area contributed by atoms with Crippen LogP contribution in [0.15, 0.2) is 69.2 Å². The van der Waals surface area contributed by atoms with Crippen molar-refractivity contribution >= 4 is 22.7 Å². The first-order valence-electron chi connectivity index (χ1n) is 10.2. The summed E-state index contributed by atoms with van der Waals surface area (Å²) in [5.74, 6) is 0. The average molecular weight is 454 g/mol. The van der Waals surface area contributed by atoms with Crippen LogP contribution < -0.4 is 0 Å². The van der Waals surface area contributed by atoms with Crippen LogP contribution in [0.25, 0.3) is 0 Å². The Morgan fingerprint density at radius 2 is 1.06 bits per heavy atom. The minimum Gasteiger partial charge on any atom is -0.270 e. The smallest absolute Gasteiger partial charge is 0.270 e. The number of fused-ring (bicyclic) bond motifs is 2. The van der Waals surface area contributed by atoms with Crippen LogP contribution in [0, 0.1) is 20.2 Å². The molecule has 0 N–H and O–H groups in total. The minimum absolute atomic E-state index is 0.0877. The third kappa shape index (κ3) is 5.61. The van der Waals surface area contributed by atoms with Gasteiger partial charge in [0.2, 0.25) is 0 Å². The first kappa shape index (κ1) is 22.2. The van der Waals surface area contributed by atoms with Crippen molar-refractivity contribution in [1.29, 1.82) is 0 Å². The van der Waals surface area contributed by atoms with Crippen molar-refractivity contribution in [1.82, 2.24) is 19.8 Å². The third-order valence-corrected chi connectivity index (χ3v) is 5.19. The maximum absolute atomic E-state index is 11.2. The Balaban J connectivity index is 1.39. The van der Waals surface area contributed by atoms with Crippen LogP contribution in [0.5, 0.6) is 0 Å². The topological polar surface area (TPSA) is 149 Å². The summed E-state index contributed by atoms with van der Waals surface area (Å²) in [6.45, 7) is 4.21. The lowest BCUT2D eigenvalue weighted by molar-refractivity contribution is -0.384. The van der Waals surface area contributed by atoms with E-state index < -0.39 is 9.85 Å². The number of nitrogens with zero attached hydrogens (tertiary/aromatic N) is 10. The first-order valence-corrected chi connectivity index (χ1v) is 10.2. The molecule has 33 heavy (non-hydrogen) atoms. The average Bonchev–Trinajstić information content (AvgIpc) is 3.14. The van der Waals surface area contributed by atoms with Gasteiger partial charge in [-0.05, 0) is 12.1 Å². The van der Waals surface area contributed by atoms with Gasteiger partial charge in [-0.15, -0.1) is 10.2 Å². The molecule has 0 amide bonds. The second kappa shape index (κ2) is 10.1. The van der Waals surface area contributed by atoms with Gasteiger partial charge in [-0.2, -0.15) is 0 Å². The maximum Gasteiger partial charge on any atom is 0.296 e. The lowest BCUT2D eigenvalue weighted by Gasteiger charge is -2.24. The molecule has 0 aromatic heterocycles. The summed E-state index contributed by atoms with van der Waals surface area (Å²) in [6.07, 6.45) is 0. The van der Waals surface area contributed by atoms with Crippen molar-refractivity contribution in [2.75, 3.05) is 46.2 Å². The van der Waals surface area contributed by atoms with Crippen molar-refractivity contribution in [2.45, 2.75) is 0 Å². The fourth-order valence-electron chi connectivity index (χ4n) is 3.55. The van der Waals surface area contributed by atoms with Gasteiger partial charge in [0.15, 0.2) is 11.4 Å².